The van der Waals surface area contributed by atoms with E-state index in [-0.39, 0.29) is 12.3 Å². The molecule has 5 rings (SSSR count). The van der Waals surface area contributed by atoms with E-state index in [4.69, 9.17) is 14.2 Å². The van der Waals surface area contributed by atoms with Gasteiger partial charge in [0, 0.05) is 0 Å². The SMILES string of the molecule is CC12OC(=O)C(=O)OC1(Oc1cccc(C(F)(F)F)c1)CN2C(c1ccccc1)c1ccccc1. The number of carbonyl (C=O) groups is 2. The van der Waals surface area contributed by atoms with Crippen molar-refractivity contribution < 1.29 is 37.0 Å². The number of likely N-dealkylation sites (tertiary alicyclic amines) is 1. The highest BCUT2D eigenvalue weighted by Gasteiger charge is 2.75. The first-order valence-electron chi connectivity index (χ1n) is 10.8. The molecule has 2 heterocycles. The zero-order valence-corrected chi connectivity index (χ0v) is 18.5. The van der Waals surface area contributed by atoms with Gasteiger partial charge in [-0.3, -0.25) is 0 Å². The van der Waals surface area contributed by atoms with Crippen LogP contribution < -0.4 is 4.74 Å². The highest BCUT2D eigenvalue weighted by atomic mass is 19.4. The molecule has 0 bridgehead atoms. The molecule has 0 aromatic heterocycles. The van der Waals surface area contributed by atoms with Gasteiger partial charge in [0.25, 0.3) is 0 Å². The summed E-state index contributed by atoms with van der Waals surface area (Å²) in [6.45, 7) is 1.46. The predicted octanol–water partition coefficient (Wildman–Crippen LogP) is 4.70. The van der Waals surface area contributed by atoms with E-state index in [0.29, 0.717) is 0 Å². The molecule has 0 saturated carbocycles. The number of halogens is 3. The lowest BCUT2D eigenvalue weighted by atomic mass is 9.83. The summed E-state index contributed by atoms with van der Waals surface area (Å²) in [6.07, 6.45) is -4.59. The Morgan fingerprint density at radius 1 is 0.857 bits per heavy atom. The number of hydrogen-bond acceptors (Lipinski definition) is 6. The van der Waals surface area contributed by atoms with E-state index in [1.54, 1.807) is 4.90 Å². The summed E-state index contributed by atoms with van der Waals surface area (Å²) < 4.78 is 56.6. The lowest BCUT2D eigenvalue weighted by molar-refractivity contribution is -0.402. The first-order valence-corrected chi connectivity index (χ1v) is 10.8. The molecule has 2 fully saturated rings. The van der Waals surface area contributed by atoms with Crippen molar-refractivity contribution in [3.8, 4) is 5.75 Å². The first kappa shape index (κ1) is 22.9. The summed E-state index contributed by atoms with van der Waals surface area (Å²) in [5, 5.41) is 0. The number of carbonyl (C=O) groups excluding carboxylic acids is 2. The number of nitrogens with zero attached hydrogens (tertiary/aromatic N) is 1. The van der Waals surface area contributed by atoms with Crippen LogP contribution in [0.4, 0.5) is 13.2 Å². The van der Waals surface area contributed by atoms with Gasteiger partial charge in [0.2, 0.25) is 5.72 Å². The van der Waals surface area contributed by atoms with Crippen LogP contribution in [0.15, 0.2) is 84.9 Å². The Kier molecular flexibility index (Phi) is 5.32. The molecule has 3 aromatic carbocycles. The van der Waals surface area contributed by atoms with E-state index < -0.39 is 41.2 Å². The molecule has 180 valence electrons. The van der Waals surface area contributed by atoms with Gasteiger partial charge >= 0.3 is 23.9 Å². The molecule has 2 aliphatic rings. The molecule has 2 unspecified atom stereocenters. The Labute approximate surface area is 198 Å². The molecule has 3 aromatic rings. The van der Waals surface area contributed by atoms with Crippen molar-refractivity contribution in [1.29, 1.82) is 0 Å². The Hall–Kier alpha value is -3.85. The second kappa shape index (κ2) is 8.13. The average molecular weight is 483 g/mol. The highest BCUT2D eigenvalue weighted by Crippen LogP contribution is 2.53. The molecule has 9 heteroatoms. The Bertz CT molecular complexity index is 1230. The topological polar surface area (TPSA) is 65.1 Å². The second-order valence-electron chi connectivity index (χ2n) is 8.49. The third-order valence-corrected chi connectivity index (χ3v) is 6.34. The van der Waals surface area contributed by atoms with Gasteiger partial charge in [-0.15, -0.1) is 0 Å². The predicted molar refractivity (Wildman–Crippen MR) is 117 cm³/mol. The second-order valence-corrected chi connectivity index (χ2v) is 8.49. The molecule has 0 aliphatic carbocycles. The minimum Gasteiger partial charge on any atom is -0.446 e. The molecule has 35 heavy (non-hydrogen) atoms. The number of fused-ring (bicyclic) bond motifs is 1. The van der Waals surface area contributed by atoms with Crippen LogP contribution >= 0.6 is 0 Å². The van der Waals surface area contributed by atoms with Gasteiger partial charge in [-0.2, -0.15) is 13.2 Å². The zero-order valence-electron chi connectivity index (χ0n) is 18.5. The summed E-state index contributed by atoms with van der Waals surface area (Å²) in [6, 6.07) is 22.6. The number of alkyl halides is 3. The van der Waals surface area contributed by atoms with E-state index in [1.807, 2.05) is 60.7 Å². The van der Waals surface area contributed by atoms with Gasteiger partial charge in [-0.05, 0) is 36.2 Å². The first-order chi connectivity index (χ1) is 16.6. The number of esters is 2. The molecule has 0 radical (unpaired) electrons. The van der Waals surface area contributed by atoms with Crippen molar-refractivity contribution in [1.82, 2.24) is 4.90 Å². The Morgan fingerprint density at radius 3 is 2.00 bits per heavy atom. The summed E-state index contributed by atoms with van der Waals surface area (Å²) in [5.74, 6) is -4.50. The number of hydrogen-bond donors (Lipinski definition) is 0. The van der Waals surface area contributed by atoms with Crippen LogP contribution in [-0.2, 0) is 25.2 Å². The van der Waals surface area contributed by atoms with Crippen LogP contribution in [0, 0.1) is 0 Å². The molecule has 0 N–H and O–H groups in total. The standard InChI is InChI=1S/C26H20F3NO5/c1-24-25(35-23(32)22(31)34-24,33-20-14-8-13-19(15-20)26(27,28)29)16-30(24)21(17-9-4-2-5-10-17)18-11-6-3-7-12-18/h2-15,21H,16H2,1H3. The number of benzene rings is 3. The summed E-state index contributed by atoms with van der Waals surface area (Å²) in [7, 11) is 0. The maximum atomic E-state index is 13.2. The van der Waals surface area contributed by atoms with Crippen LogP contribution in [0.25, 0.3) is 0 Å². The van der Waals surface area contributed by atoms with Crippen molar-refractivity contribution in [2.75, 3.05) is 6.54 Å². The molecular weight excluding hydrogens is 463 g/mol. The Morgan fingerprint density at radius 2 is 1.43 bits per heavy atom. The van der Waals surface area contributed by atoms with Gasteiger partial charge in [-0.1, -0.05) is 66.7 Å². The molecule has 6 nitrogen and oxygen atoms in total. The normalized spacial score (nSPS) is 24.3. The molecule has 2 atom stereocenters. The molecule has 2 aliphatic heterocycles. The average Bonchev–Trinajstić information content (AvgIpc) is 2.84. The largest absolute Gasteiger partial charge is 0.446 e. The molecule has 0 spiro atoms. The van der Waals surface area contributed by atoms with Crippen molar-refractivity contribution in [2.45, 2.75) is 30.7 Å². The van der Waals surface area contributed by atoms with Crippen molar-refractivity contribution in [3.63, 3.8) is 0 Å². The van der Waals surface area contributed by atoms with Crippen molar-refractivity contribution in [2.24, 2.45) is 0 Å². The molecule has 2 saturated heterocycles. The van der Waals surface area contributed by atoms with Crippen LogP contribution in [-0.4, -0.2) is 34.9 Å². The molecule has 0 amide bonds. The highest BCUT2D eigenvalue weighted by molar-refractivity contribution is 6.30. The third-order valence-electron chi connectivity index (χ3n) is 6.34. The van der Waals surface area contributed by atoms with Crippen LogP contribution in [0.2, 0.25) is 0 Å². The zero-order chi connectivity index (χ0) is 24.8. The fourth-order valence-corrected chi connectivity index (χ4v) is 4.56. The monoisotopic (exact) mass is 483 g/mol. The maximum Gasteiger partial charge on any atom is 0.421 e. The fourth-order valence-electron chi connectivity index (χ4n) is 4.56. The van der Waals surface area contributed by atoms with Crippen molar-refractivity contribution >= 4 is 11.9 Å². The number of ether oxygens (including phenoxy) is 3. The quantitative estimate of drug-likeness (QED) is 0.387. The summed E-state index contributed by atoms with van der Waals surface area (Å²) in [4.78, 5) is 26.3. The van der Waals surface area contributed by atoms with E-state index >= 15 is 0 Å². The van der Waals surface area contributed by atoms with Crippen LogP contribution in [0.1, 0.15) is 29.7 Å². The summed E-state index contributed by atoms with van der Waals surface area (Å²) >= 11 is 0. The maximum absolute atomic E-state index is 13.2. The third kappa shape index (κ3) is 3.81. The van der Waals surface area contributed by atoms with Gasteiger partial charge in [0.15, 0.2) is 0 Å². The fraction of sp³-hybridized carbons (Fsp3) is 0.231. The van der Waals surface area contributed by atoms with Crippen LogP contribution in [0.5, 0.6) is 5.75 Å². The van der Waals surface area contributed by atoms with Crippen molar-refractivity contribution in [3.05, 3.63) is 102 Å². The lowest BCUT2D eigenvalue weighted by Gasteiger charge is -2.63. The molecular formula is C26H20F3NO5. The van der Waals surface area contributed by atoms with Gasteiger partial charge < -0.3 is 14.2 Å². The van der Waals surface area contributed by atoms with E-state index in [1.165, 1.54) is 19.1 Å². The minimum absolute atomic E-state index is 0.0623. The van der Waals surface area contributed by atoms with Gasteiger partial charge in [0.1, 0.15) is 5.75 Å². The Balaban J connectivity index is 1.56. The number of rotatable bonds is 5. The van der Waals surface area contributed by atoms with Crippen LogP contribution in [0.3, 0.4) is 0 Å². The summed E-state index contributed by atoms with van der Waals surface area (Å²) in [5.41, 5.74) is -0.793. The smallest absolute Gasteiger partial charge is 0.421 e. The van der Waals surface area contributed by atoms with E-state index in [9.17, 15) is 22.8 Å². The van der Waals surface area contributed by atoms with E-state index in [2.05, 4.69) is 0 Å². The lowest BCUT2D eigenvalue weighted by Crippen LogP contribution is -2.85. The minimum atomic E-state index is -4.59. The van der Waals surface area contributed by atoms with Gasteiger partial charge in [0.05, 0.1) is 18.2 Å². The van der Waals surface area contributed by atoms with E-state index in [0.717, 1.165) is 23.3 Å². The van der Waals surface area contributed by atoms with Gasteiger partial charge in [-0.25, -0.2) is 14.5 Å².